The van der Waals surface area contributed by atoms with Crippen LogP contribution in [0, 0.1) is 0 Å². The number of nitrogens with zero attached hydrogens (tertiary/aromatic N) is 2. The van der Waals surface area contributed by atoms with Crippen LogP contribution in [0.4, 0.5) is 0 Å². The Morgan fingerprint density at radius 3 is 2.53 bits per heavy atom. The lowest BCUT2D eigenvalue weighted by atomic mass is 10.1. The van der Waals surface area contributed by atoms with E-state index in [1.807, 2.05) is 0 Å². The van der Waals surface area contributed by atoms with Crippen molar-refractivity contribution in [2.75, 3.05) is 26.2 Å². The number of nitrogens with two attached hydrogens (primary N) is 3. The third-order valence-electron chi connectivity index (χ3n) is 4.02. The lowest BCUT2D eigenvalue weighted by Crippen LogP contribution is -2.33. The summed E-state index contributed by atoms with van der Waals surface area (Å²) in [6.07, 6.45) is 4.49. The van der Waals surface area contributed by atoms with Crippen LogP contribution < -0.4 is 27.3 Å². The first kappa shape index (κ1) is 27.8. The number of hydrogen-bond donors (Lipinski definition) is 5. The number of carbonyl (C=O) groups excluding carboxylic acids is 1. The average Bonchev–Trinajstić information content (AvgIpc) is 2.69. The highest BCUT2D eigenvalue weighted by Gasteiger charge is 2.14. The molecule has 1 amide bonds. The van der Waals surface area contributed by atoms with E-state index in [9.17, 15) is 10.0 Å². The zero-order valence-electron chi connectivity index (χ0n) is 17.0. The largest absolute Gasteiger partial charge is 0.492 e. The average molecular weight is 463 g/mol. The molecule has 170 valence electrons. The van der Waals surface area contributed by atoms with E-state index in [1.165, 1.54) is 0 Å². The Morgan fingerprint density at radius 1 is 1.17 bits per heavy atom. The molecule has 0 fully saturated rings. The molecular weight excluding hydrogens is 431 g/mol. The molecule has 0 saturated carbocycles. The van der Waals surface area contributed by atoms with Crippen LogP contribution in [0.15, 0.2) is 28.3 Å². The van der Waals surface area contributed by atoms with Gasteiger partial charge < -0.3 is 32.5 Å². The molecule has 1 rings (SSSR count). The highest BCUT2D eigenvalue weighted by molar-refractivity contribution is 6.39. The second kappa shape index (κ2) is 16.6. The summed E-state index contributed by atoms with van der Waals surface area (Å²) in [7, 11) is 0. The van der Waals surface area contributed by atoms with Crippen molar-refractivity contribution in [3.05, 3.63) is 28.8 Å². The third-order valence-corrected chi connectivity index (χ3v) is 4.32. The number of rotatable bonds is 14. The fraction of sp³-hybridized carbons (Fsp3) is 0.526. The Hall–Kier alpha value is -2.23. The van der Waals surface area contributed by atoms with Gasteiger partial charge in [-0.05, 0) is 43.5 Å². The van der Waals surface area contributed by atoms with Gasteiger partial charge in [-0.1, -0.05) is 35.7 Å². The number of halogens is 2. The summed E-state index contributed by atoms with van der Waals surface area (Å²) in [5.74, 6) is 0.242. The van der Waals surface area contributed by atoms with Gasteiger partial charge in [0, 0.05) is 19.5 Å². The molecule has 0 bridgehead atoms. The normalized spacial score (nSPS) is 10.8. The standard InChI is InChI=1S/C19H31ClN6O3.ClH/c20-15-12-14(6-7-17(15)29-11-5-8-21)13-16(26-28)18(27)24-9-3-1-2-4-10-25-19(22)23;/h6-7,12,28H,1-5,8-11,13,21H2,(H,24,27)(H4,22,23,25);1H/b26-16+;. The highest BCUT2D eigenvalue weighted by Crippen LogP contribution is 2.26. The highest BCUT2D eigenvalue weighted by atomic mass is 35.5. The molecular formula is C19H32Cl2N6O3. The van der Waals surface area contributed by atoms with Gasteiger partial charge in [0.25, 0.3) is 5.91 Å². The first-order valence-corrected chi connectivity index (χ1v) is 10.0. The van der Waals surface area contributed by atoms with Gasteiger partial charge in [0.2, 0.25) is 0 Å². The second-order valence-electron chi connectivity index (χ2n) is 6.46. The molecule has 0 aliphatic carbocycles. The van der Waals surface area contributed by atoms with Crippen molar-refractivity contribution in [3.63, 3.8) is 0 Å². The molecule has 0 aromatic heterocycles. The van der Waals surface area contributed by atoms with Crippen LogP contribution >= 0.6 is 24.0 Å². The number of ether oxygens (including phenoxy) is 1. The lowest BCUT2D eigenvalue weighted by Gasteiger charge is -2.10. The SMILES string of the molecule is Cl.NCCCOc1ccc(C/C(=N\O)C(=O)NCCCCCCN=C(N)N)cc1Cl. The molecule has 11 heteroatoms. The fourth-order valence-electron chi connectivity index (χ4n) is 2.49. The van der Waals surface area contributed by atoms with Gasteiger partial charge in [-0.15, -0.1) is 12.4 Å². The Labute approximate surface area is 188 Å². The van der Waals surface area contributed by atoms with E-state index >= 15 is 0 Å². The smallest absolute Gasteiger partial charge is 0.269 e. The van der Waals surface area contributed by atoms with Crippen molar-refractivity contribution in [2.45, 2.75) is 38.5 Å². The summed E-state index contributed by atoms with van der Waals surface area (Å²) in [5, 5.41) is 15.5. The van der Waals surface area contributed by atoms with Crippen molar-refractivity contribution in [1.29, 1.82) is 0 Å². The maximum atomic E-state index is 12.2. The maximum Gasteiger partial charge on any atom is 0.269 e. The molecule has 0 saturated heterocycles. The quantitative estimate of drug-likeness (QED) is 0.0929. The summed E-state index contributed by atoms with van der Waals surface area (Å²) >= 11 is 6.21. The Balaban J connectivity index is 0.00000841. The molecule has 30 heavy (non-hydrogen) atoms. The Bertz CT molecular complexity index is 697. The molecule has 0 aliphatic rings. The Kier molecular flexibility index (Phi) is 15.3. The van der Waals surface area contributed by atoms with Crippen LogP contribution in [0.5, 0.6) is 5.75 Å². The first-order valence-electron chi connectivity index (χ1n) is 9.63. The number of aliphatic imine (C=N–C) groups is 1. The first-order chi connectivity index (χ1) is 14.0. The van der Waals surface area contributed by atoms with Crippen molar-refractivity contribution < 1.29 is 14.7 Å². The molecule has 0 unspecified atom stereocenters. The molecule has 0 radical (unpaired) electrons. The van der Waals surface area contributed by atoms with Crippen molar-refractivity contribution >= 4 is 41.6 Å². The topological polar surface area (TPSA) is 161 Å². The fourth-order valence-corrected chi connectivity index (χ4v) is 2.75. The van der Waals surface area contributed by atoms with Gasteiger partial charge >= 0.3 is 0 Å². The van der Waals surface area contributed by atoms with Crippen LogP contribution in [0.2, 0.25) is 5.02 Å². The number of benzene rings is 1. The molecule has 8 N–H and O–H groups in total. The number of nitrogens with one attached hydrogen (secondary N) is 1. The summed E-state index contributed by atoms with van der Waals surface area (Å²) in [5.41, 5.74) is 16.7. The number of oxime groups is 1. The molecule has 0 aliphatic heterocycles. The predicted octanol–water partition coefficient (Wildman–Crippen LogP) is 1.81. The third kappa shape index (κ3) is 11.7. The van der Waals surface area contributed by atoms with Crippen molar-refractivity contribution in [3.8, 4) is 5.75 Å². The second-order valence-corrected chi connectivity index (χ2v) is 6.86. The molecule has 0 heterocycles. The zero-order chi connectivity index (χ0) is 21.5. The van der Waals surface area contributed by atoms with Gasteiger partial charge in [0.1, 0.15) is 11.5 Å². The summed E-state index contributed by atoms with van der Waals surface area (Å²) < 4.78 is 5.53. The molecule has 1 aromatic carbocycles. The van der Waals surface area contributed by atoms with Gasteiger partial charge in [-0.2, -0.15) is 0 Å². The minimum absolute atomic E-state index is 0. The lowest BCUT2D eigenvalue weighted by molar-refractivity contribution is -0.115. The van der Waals surface area contributed by atoms with Gasteiger partial charge in [-0.3, -0.25) is 9.79 Å². The van der Waals surface area contributed by atoms with E-state index in [0.29, 0.717) is 37.0 Å². The summed E-state index contributed by atoms with van der Waals surface area (Å²) in [6.45, 7) is 2.12. The van der Waals surface area contributed by atoms with Crippen LogP contribution in [0.25, 0.3) is 0 Å². The summed E-state index contributed by atoms with van der Waals surface area (Å²) in [4.78, 5) is 16.1. The van der Waals surface area contributed by atoms with Gasteiger partial charge in [-0.25, -0.2) is 0 Å². The number of amides is 1. The summed E-state index contributed by atoms with van der Waals surface area (Å²) in [6, 6.07) is 5.19. The van der Waals surface area contributed by atoms with E-state index in [4.69, 9.17) is 33.5 Å². The minimum atomic E-state index is -0.410. The molecule has 0 spiro atoms. The van der Waals surface area contributed by atoms with E-state index in [-0.39, 0.29) is 30.5 Å². The van der Waals surface area contributed by atoms with Crippen LogP contribution in [0.1, 0.15) is 37.7 Å². The number of guanidine groups is 1. The van der Waals surface area contributed by atoms with E-state index < -0.39 is 5.91 Å². The van der Waals surface area contributed by atoms with Crippen LogP contribution in [-0.2, 0) is 11.2 Å². The van der Waals surface area contributed by atoms with Crippen molar-refractivity contribution in [2.24, 2.45) is 27.3 Å². The van der Waals surface area contributed by atoms with Crippen LogP contribution in [0.3, 0.4) is 0 Å². The van der Waals surface area contributed by atoms with E-state index in [2.05, 4.69) is 15.5 Å². The predicted molar refractivity (Wildman–Crippen MR) is 123 cm³/mol. The maximum absolute atomic E-state index is 12.2. The Morgan fingerprint density at radius 2 is 1.90 bits per heavy atom. The number of carbonyl (C=O) groups is 1. The minimum Gasteiger partial charge on any atom is -0.492 e. The van der Waals surface area contributed by atoms with Gasteiger partial charge in [0.15, 0.2) is 5.96 Å². The molecule has 1 aromatic rings. The van der Waals surface area contributed by atoms with Crippen molar-refractivity contribution in [1.82, 2.24) is 5.32 Å². The van der Waals surface area contributed by atoms with Crippen LogP contribution in [-0.4, -0.2) is 49.0 Å². The number of hydrogen-bond acceptors (Lipinski definition) is 6. The van der Waals surface area contributed by atoms with E-state index in [0.717, 1.165) is 37.7 Å². The van der Waals surface area contributed by atoms with Gasteiger partial charge in [0.05, 0.1) is 11.6 Å². The molecule has 9 nitrogen and oxygen atoms in total. The molecule has 0 atom stereocenters. The zero-order valence-corrected chi connectivity index (χ0v) is 18.6. The number of unbranched alkanes of at least 4 members (excludes halogenated alkanes) is 3. The monoisotopic (exact) mass is 462 g/mol. The van der Waals surface area contributed by atoms with E-state index in [1.54, 1.807) is 18.2 Å².